The number of ether oxygens (including phenoxy) is 1. The number of H-pyrrole nitrogens is 1. The number of hydrogen-bond acceptors (Lipinski definition) is 5. The molecule has 0 aliphatic heterocycles. The molecule has 1 aromatic carbocycles. The molecule has 7 nitrogen and oxygen atoms in total. The van der Waals surface area contributed by atoms with Gasteiger partial charge in [-0.25, -0.2) is 14.4 Å². The summed E-state index contributed by atoms with van der Waals surface area (Å²) in [6, 6.07) is 5.05. The molecule has 0 aliphatic carbocycles. The van der Waals surface area contributed by atoms with Crippen molar-refractivity contribution in [1.82, 2.24) is 10.3 Å². The lowest BCUT2D eigenvalue weighted by Crippen LogP contribution is -2.32. The fraction of sp³-hybridized carbons (Fsp3) is 0.353. The summed E-state index contributed by atoms with van der Waals surface area (Å²) >= 11 is 0. The molecule has 0 atom stereocenters. The molecule has 0 unspecified atom stereocenters. The van der Waals surface area contributed by atoms with Gasteiger partial charge in [0.15, 0.2) is 0 Å². The fourth-order valence-corrected chi connectivity index (χ4v) is 2.01. The van der Waals surface area contributed by atoms with Crippen molar-refractivity contribution in [1.29, 1.82) is 0 Å². The van der Waals surface area contributed by atoms with E-state index in [4.69, 9.17) is 4.74 Å². The maximum absolute atomic E-state index is 11.6. The van der Waals surface area contributed by atoms with Crippen LogP contribution in [-0.2, 0) is 4.74 Å². The van der Waals surface area contributed by atoms with Crippen molar-refractivity contribution in [3.05, 3.63) is 50.8 Å². The number of rotatable bonds is 4. The minimum absolute atomic E-state index is 0.309. The largest absolute Gasteiger partial charge is 0.444 e. The van der Waals surface area contributed by atoms with Crippen molar-refractivity contribution in [2.75, 3.05) is 6.54 Å². The highest BCUT2D eigenvalue weighted by molar-refractivity contribution is 5.79. The summed E-state index contributed by atoms with van der Waals surface area (Å²) in [6.07, 6.45) is 3.84. The van der Waals surface area contributed by atoms with E-state index in [1.54, 1.807) is 39.0 Å². The number of aromatic amines is 1. The topological polar surface area (TPSA) is 101 Å². The van der Waals surface area contributed by atoms with Crippen molar-refractivity contribution in [3.8, 4) is 0 Å². The van der Waals surface area contributed by atoms with Crippen LogP contribution in [0, 0.1) is 0 Å². The van der Waals surface area contributed by atoms with E-state index >= 15 is 0 Å². The van der Waals surface area contributed by atoms with E-state index < -0.39 is 23.1 Å². The van der Waals surface area contributed by atoms with Crippen molar-refractivity contribution in [3.63, 3.8) is 0 Å². The third kappa shape index (κ3) is 5.12. The molecule has 0 saturated heterocycles. The normalized spacial score (nSPS) is 11.8. The van der Waals surface area contributed by atoms with Crippen molar-refractivity contribution in [2.45, 2.75) is 32.8 Å². The fourth-order valence-electron chi connectivity index (χ4n) is 2.01. The highest BCUT2D eigenvalue weighted by atomic mass is 16.6. The van der Waals surface area contributed by atoms with Crippen LogP contribution in [0.1, 0.15) is 32.8 Å². The Morgan fingerprint density at radius 2 is 2.08 bits per heavy atom. The minimum atomic E-state index is -0.774. The zero-order valence-electron chi connectivity index (χ0n) is 13.8. The predicted molar refractivity (Wildman–Crippen MR) is 91.0 cm³/mol. The first kappa shape index (κ1) is 17.5. The lowest BCUT2D eigenvalue weighted by Gasteiger charge is -2.19. The van der Waals surface area contributed by atoms with E-state index in [2.05, 4.69) is 14.7 Å². The number of hydrogen-bond donors (Lipinski definition) is 2. The molecule has 128 valence electrons. The smallest absolute Gasteiger partial charge is 0.419 e. The summed E-state index contributed by atoms with van der Waals surface area (Å²) < 4.78 is 9.63. The second kappa shape index (κ2) is 7.16. The monoisotopic (exact) mass is 332 g/mol. The van der Waals surface area contributed by atoms with Crippen molar-refractivity contribution >= 4 is 23.1 Å². The van der Waals surface area contributed by atoms with E-state index in [9.17, 15) is 14.4 Å². The summed E-state index contributed by atoms with van der Waals surface area (Å²) in [5.41, 5.74) is 0.0299. The van der Waals surface area contributed by atoms with Crippen LogP contribution >= 0.6 is 0 Å². The molecule has 1 amide bonds. The zero-order valence-corrected chi connectivity index (χ0v) is 13.8. The van der Waals surface area contributed by atoms with Crippen LogP contribution in [0.4, 0.5) is 4.79 Å². The molecular formula is C17H20N2O5. The van der Waals surface area contributed by atoms with Gasteiger partial charge < -0.3 is 14.5 Å². The zero-order chi connectivity index (χ0) is 17.7. The van der Waals surface area contributed by atoms with Crippen LogP contribution in [-0.4, -0.2) is 23.2 Å². The van der Waals surface area contributed by atoms with Crippen LogP contribution in [0.2, 0.25) is 0 Å². The average Bonchev–Trinajstić information content (AvgIpc) is 2.45. The summed E-state index contributed by atoms with van der Waals surface area (Å²) in [6.45, 7) is 5.84. The molecule has 0 saturated carbocycles. The quantitative estimate of drug-likeness (QED) is 0.837. The number of aromatic nitrogens is 1. The Balaban J connectivity index is 1.93. The number of alkyl carbamates (subject to hydrolysis) is 1. The molecular weight excluding hydrogens is 312 g/mol. The number of carbonyl (C=O) groups is 1. The van der Waals surface area contributed by atoms with Crippen LogP contribution in [0.15, 0.2) is 38.3 Å². The molecule has 2 aromatic rings. The Morgan fingerprint density at radius 1 is 1.33 bits per heavy atom. The first-order chi connectivity index (χ1) is 11.2. The number of nitrogens with one attached hydrogen (secondary N) is 2. The van der Waals surface area contributed by atoms with E-state index in [1.807, 2.05) is 12.2 Å². The van der Waals surface area contributed by atoms with Gasteiger partial charge in [0.1, 0.15) is 5.60 Å². The van der Waals surface area contributed by atoms with Crippen LogP contribution in [0.3, 0.4) is 0 Å². The number of amides is 1. The highest BCUT2D eigenvalue weighted by Gasteiger charge is 2.15. The molecule has 0 fully saturated rings. The van der Waals surface area contributed by atoms with Gasteiger partial charge in [-0.3, -0.25) is 4.98 Å². The van der Waals surface area contributed by atoms with Gasteiger partial charge in [-0.2, -0.15) is 0 Å². The molecule has 1 heterocycles. The molecule has 7 heteroatoms. The van der Waals surface area contributed by atoms with Gasteiger partial charge >= 0.3 is 17.5 Å². The number of fused-ring (bicyclic) bond motifs is 1. The van der Waals surface area contributed by atoms with Gasteiger partial charge in [-0.15, -0.1) is 0 Å². The molecule has 0 spiro atoms. The van der Waals surface area contributed by atoms with Crippen LogP contribution in [0.5, 0.6) is 0 Å². The first-order valence-corrected chi connectivity index (χ1v) is 7.55. The van der Waals surface area contributed by atoms with Gasteiger partial charge in [0.25, 0.3) is 0 Å². The summed E-state index contributed by atoms with van der Waals surface area (Å²) in [7, 11) is 0. The minimum Gasteiger partial charge on any atom is -0.444 e. The second-order valence-corrected chi connectivity index (χ2v) is 6.23. The van der Waals surface area contributed by atoms with Crippen LogP contribution in [0.25, 0.3) is 17.0 Å². The van der Waals surface area contributed by atoms with Gasteiger partial charge in [0.05, 0.1) is 10.9 Å². The Hall–Kier alpha value is -2.83. The SMILES string of the molecule is CC(C)(C)OC(=O)NCCC=Cc1ccc2[nH]c(=O)oc(=O)c2c1. The maximum atomic E-state index is 11.6. The summed E-state index contributed by atoms with van der Waals surface area (Å²) in [5.74, 6) is -0.774. The summed E-state index contributed by atoms with van der Waals surface area (Å²) in [4.78, 5) is 36.7. The Morgan fingerprint density at radius 3 is 2.79 bits per heavy atom. The molecule has 0 aliphatic rings. The van der Waals surface area contributed by atoms with Crippen molar-refractivity contribution < 1.29 is 13.9 Å². The standard InChI is InChI=1S/C17H20N2O5/c1-17(2,3)24-15(21)18-9-5-4-6-11-7-8-13-12(10-11)14(20)23-16(22)19-13/h4,6-8,10H,5,9H2,1-3H3,(H,18,21)(H,19,22). The predicted octanol–water partition coefficient (Wildman–Crippen LogP) is 2.41. The number of carbonyl (C=O) groups excluding carboxylic acids is 1. The molecule has 1 aromatic heterocycles. The molecule has 0 bridgehead atoms. The van der Waals surface area contributed by atoms with E-state index in [-0.39, 0.29) is 0 Å². The van der Waals surface area contributed by atoms with Gasteiger partial charge in [0.2, 0.25) is 0 Å². The molecule has 0 radical (unpaired) electrons. The van der Waals surface area contributed by atoms with E-state index in [0.29, 0.717) is 23.9 Å². The van der Waals surface area contributed by atoms with Crippen LogP contribution < -0.4 is 16.7 Å². The highest BCUT2D eigenvalue weighted by Crippen LogP contribution is 2.11. The Kier molecular flexibility index (Phi) is 5.23. The lowest BCUT2D eigenvalue weighted by molar-refractivity contribution is 0.0529. The second-order valence-electron chi connectivity index (χ2n) is 6.23. The lowest BCUT2D eigenvalue weighted by atomic mass is 10.1. The average molecular weight is 332 g/mol. The third-order valence-corrected chi connectivity index (χ3v) is 2.98. The van der Waals surface area contributed by atoms with Gasteiger partial charge in [0, 0.05) is 6.54 Å². The Bertz CT molecular complexity index is 871. The van der Waals surface area contributed by atoms with Gasteiger partial charge in [-0.1, -0.05) is 18.2 Å². The van der Waals surface area contributed by atoms with Crippen molar-refractivity contribution in [2.24, 2.45) is 0 Å². The molecule has 24 heavy (non-hydrogen) atoms. The molecule has 2 rings (SSSR count). The first-order valence-electron chi connectivity index (χ1n) is 7.55. The van der Waals surface area contributed by atoms with E-state index in [0.717, 1.165) is 5.56 Å². The van der Waals surface area contributed by atoms with Gasteiger partial charge in [-0.05, 0) is 44.9 Å². The maximum Gasteiger partial charge on any atom is 0.419 e. The Labute approximate surface area is 138 Å². The summed E-state index contributed by atoms with van der Waals surface area (Å²) in [5, 5.41) is 2.96. The third-order valence-electron chi connectivity index (χ3n) is 2.98. The van der Waals surface area contributed by atoms with E-state index in [1.165, 1.54) is 0 Å². The number of benzene rings is 1. The molecule has 2 N–H and O–H groups in total.